The quantitative estimate of drug-likeness (QED) is 0.564. The monoisotopic (exact) mass is 211 g/mol. The SMILES string of the molecule is C1CCCCC([P]C2CC2)CCCC1. The molecule has 0 amide bonds. The molecule has 14 heavy (non-hydrogen) atoms. The number of rotatable bonds is 2. The first kappa shape index (κ1) is 10.9. The van der Waals surface area contributed by atoms with E-state index in [9.17, 15) is 0 Å². The van der Waals surface area contributed by atoms with Crippen molar-refractivity contribution in [3.05, 3.63) is 0 Å². The summed E-state index contributed by atoms with van der Waals surface area (Å²) in [5.41, 5.74) is 2.21. The Morgan fingerprint density at radius 1 is 0.500 bits per heavy atom. The summed E-state index contributed by atoms with van der Waals surface area (Å²) in [7, 11) is 1.83. The van der Waals surface area contributed by atoms with Crippen molar-refractivity contribution in [3.63, 3.8) is 0 Å². The van der Waals surface area contributed by atoms with Crippen LogP contribution < -0.4 is 0 Å². The predicted octanol–water partition coefficient (Wildman–Crippen LogP) is 4.99. The van der Waals surface area contributed by atoms with Crippen LogP contribution in [0.2, 0.25) is 0 Å². The molecular formula is C13H24P. The van der Waals surface area contributed by atoms with Crippen molar-refractivity contribution in [1.82, 2.24) is 0 Å². The van der Waals surface area contributed by atoms with Crippen molar-refractivity contribution >= 4 is 8.58 Å². The topological polar surface area (TPSA) is 0 Å². The fraction of sp³-hybridized carbons (Fsp3) is 1.00. The molecule has 0 spiro atoms. The van der Waals surface area contributed by atoms with Crippen LogP contribution in [0.1, 0.15) is 70.6 Å². The molecule has 2 saturated carbocycles. The molecule has 2 rings (SSSR count). The van der Waals surface area contributed by atoms with Crippen LogP contribution in [0.4, 0.5) is 0 Å². The normalized spacial score (nSPS) is 28.3. The van der Waals surface area contributed by atoms with Crippen LogP contribution in [-0.2, 0) is 0 Å². The van der Waals surface area contributed by atoms with Crippen LogP contribution in [-0.4, -0.2) is 11.3 Å². The van der Waals surface area contributed by atoms with Crippen molar-refractivity contribution in [2.75, 3.05) is 0 Å². The van der Waals surface area contributed by atoms with Gasteiger partial charge in [0.05, 0.1) is 0 Å². The second-order valence-electron chi connectivity index (χ2n) is 5.09. The first-order valence-corrected chi connectivity index (χ1v) is 7.68. The van der Waals surface area contributed by atoms with E-state index in [1.807, 2.05) is 8.58 Å². The average Bonchev–Trinajstić information content (AvgIpc) is 3.00. The second-order valence-corrected chi connectivity index (χ2v) is 6.85. The highest BCUT2D eigenvalue weighted by molar-refractivity contribution is 7.40. The van der Waals surface area contributed by atoms with Gasteiger partial charge in [-0.05, 0) is 37.0 Å². The van der Waals surface area contributed by atoms with Crippen molar-refractivity contribution in [1.29, 1.82) is 0 Å². The minimum absolute atomic E-state index is 1.08. The molecule has 2 fully saturated rings. The van der Waals surface area contributed by atoms with Gasteiger partial charge in [-0.15, -0.1) is 0 Å². The van der Waals surface area contributed by atoms with Crippen LogP contribution in [0.5, 0.6) is 0 Å². The lowest BCUT2D eigenvalue weighted by atomic mass is 10.0. The molecule has 0 unspecified atom stereocenters. The smallest absolute Gasteiger partial charge is 0.0167 e. The second kappa shape index (κ2) is 6.11. The highest BCUT2D eigenvalue weighted by atomic mass is 31.1. The summed E-state index contributed by atoms with van der Waals surface area (Å²) >= 11 is 0. The van der Waals surface area contributed by atoms with Crippen molar-refractivity contribution in [2.24, 2.45) is 0 Å². The third kappa shape index (κ3) is 4.30. The van der Waals surface area contributed by atoms with Gasteiger partial charge in [0.25, 0.3) is 0 Å². The van der Waals surface area contributed by atoms with E-state index in [4.69, 9.17) is 0 Å². The van der Waals surface area contributed by atoms with Crippen molar-refractivity contribution < 1.29 is 0 Å². The maximum absolute atomic E-state index is 1.83. The Balaban J connectivity index is 1.68. The van der Waals surface area contributed by atoms with Gasteiger partial charge in [0, 0.05) is 0 Å². The zero-order chi connectivity index (χ0) is 9.64. The molecule has 0 saturated heterocycles. The third-order valence-electron chi connectivity index (χ3n) is 3.54. The Hall–Kier alpha value is 0.430. The van der Waals surface area contributed by atoms with Gasteiger partial charge in [-0.1, -0.05) is 53.5 Å². The van der Waals surface area contributed by atoms with Crippen LogP contribution in [0.25, 0.3) is 0 Å². The maximum atomic E-state index is 1.83. The predicted molar refractivity (Wildman–Crippen MR) is 65.3 cm³/mol. The fourth-order valence-corrected chi connectivity index (χ4v) is 4.17. The first-order valence-electron chi connectivity index (χ1n) is 6.65. The van der Waals surface area contributed by atoms with E-state index in [1.54, 1.807) is 0 Å². The van der Waals surface area contributed by atoms with Gasteiger partial charge in [0.2, 0.25) is 0 Å². The summed E-state index contributed by atoms with van der Waals surface area (Å²) in [5.74, 6) is 0. The molecule has 0 heterocycles. The van der Waals surface area contributed by atoms with Crippen LogP contribution >= 0.6 is 8.58 Å². The van der Waals surface area contributed by atoms with Gasteiger partial charge >= 0.3 is 0 Å². The minimum atomic E-state index is 1.08. The molecule has 0 aliphatic heterocycles. The van der Waals surface area contributed by atoms with E-state index in [0.717, 1.165) is 11.3 Å². The molecule has 0 N–H and O–H groups in total. The lowest BCUT2D eigenvalue weighted by Gasteiger charge is -2.17. The Morgan fingerprint density at radius 3 is 1.43 bits per heavy atom. The highest BCUT2D eigenvalue weighted by Crippen LogP contribution is 2.45. The molecule has 0 nitrogen and oxygen atoms in total. The van der Waals surface area contributed by atoms with Gasteiger partial charge in [0.1, 0.15) is 0 Å². The van der Waals surface area contributed by atoms with Crippen molar-refractivity contribution in [3.8, 4) is 0 Å². The van der Waals surface area contributed by atoms with E-state index >= 15 is 0 Å². The van der Waals surface area contributed by atoms with Gasteiger partial charge in [-0.2, -0.15) is 0 Å². The summed E-state index contributed by atoms with van der Waals surface area (Å²) in [6.45, 7) is 0. The summed E-state index contributed by atoms with van der Waals surface area (Å²) < 4.78 is 0. The molecule has 1 heteroatoms. The standard InChI is InChI=1S/C13H24P/c1-2-4-6-8-12(9-7-5-3-1)14-13-10-11-13/h12-13H,1-11H2. The van der Waals surface area contributed by atoms with E-state index in [0.29, 0.717) is 0 Å². The third-order valence-corrected chi connectivity index (χ3v) is 5.42. The first-order chi connectivity index (χ1) is 6.95. The van der Waals surface area contributed by atoms with Gasteiger partial charge < -0.3 is 0 Å². The highest BCUT2D eigenvalue weighted by Gasteiger charge is 2.25. The molecule has 1 radical (unpaired) electrons. The lowest BCUT2D eigenvalue weighted by Crippen LogP contribution is -2.03. The van der Waals surface area contributed by atoms with Gasteiger partial charge in [-0.3, -0.25) is 0 Å². The molecule has 0 atom stereocenters. The molecule has 0 aromatic carbocycles. The van der Waals surface area contributed by atoms with Crippen LogP contribution in [0, 0.1) is 0 Å². The minimum Gasteiger partial charge on any atom is -0.0741 e. The van der Waals surface area contributed by atoms with Gasteiger partial charge in [-0.25, -0.2) is 0 Å². The lowest BCUT2D eigenvalue weighted by molar-refractivity contribution is 0.509. The average molecular weight is 211 g/mol. The maximum Gasteiger partial charge on any atom is -0.0167 e. The summed E-state index contributed by atoms with van der Waals surface area (Å²) in [6.07, 6.45) is 16.7. The molecule has 81 valence electrons. The Labute approximate surface area is 91.0 Å². The molecule has 0 aromatic heterocycles. The Kier molecular flexibility index (Phi) is 4.77. The summed E-state index contributed by atoms with van der Waals surface area (Å²) in [5, 5.41) is 0. The van der Waals surface area contributed by atoms with E-state index < -0.39 is 0 Å². The van der Waals surface area contributed by atoms with Crippen LogP contribution in [0.3, 0.4) is 0 Å². The van der Waals surface area contributed by atoms with E-state index in [-0.39, 0.29) is 0 Å². The zero-order valence-corrected chi connectivity index (χ0v) is 10.3. The van der Waals surface area contributed by atoms with E-state index in [2.05, 4.69) is 0 Å². The summed E-state index contributed by atoms with van der Waals surface area (Å²) in [6, 6.07) is 0. The number of hydrogen-bond donors (Lipinski definition) is 0. The number of hydrogen-bond acceptors (Lipinski definition) is 0. The van der Waals surface area contributed by atoms with Crippen LogP contribution in [0.15, 0.2) is 0 Å². The molecular weight excluding hydrogens is 187 g/mol. The van der Waals surface area contributed by atoms with E-state index in [1.165, 1.54) is 70.6 Å². The van der Waals surface area contributed by atoms with Gasteiger partial charge in [0.15, 0.2) is 0 Å². The zero-order valence-electron chi connectivity index (χ0n) is 9.38. The largest absolute Gasteiger partial charge is 0.0741 e. The fourth-order valence-electron chi connectivity index (χ4n) is 2.46. The summed E-state index contributed by atoms with van der Waals surface area (Å²) in [4.78, 5) is 0. The Bertz CT molecular complexity index is 141. The van der Waals surface area contributed by atoms with Crippen molar-refractivity contribution in [2.45, 2.75) is 81.9 Å². The molecule has 0 aromatic rings. The molecule has 2 aliphatic rings. The molecule has 0 bridgehead atoms. The Morgan fingerprint density at radius 2 is 0.929 bits per heavy atom. The molecule has 2 aliphatic carbocycles.